The minimum Gasteiger partial charge on any atom is -0.300 e. The van der Waals surface area contributed by atoms with Crippen molar-refractivity contribution in [3.8, 4) is 0 Å². The minimum absolute atomic E-state index is 0.0408. The van der Waals surface area contributed by atoms with Crippen molar-refractivity contribution in [3.63, 3.8) is 0 Å². The molecule has 0 aliphatic carbocycles. The van der Waals surface area contributed by atoms with E-state index in [0.29, 0.717) is 10.2 Å². The van der Waals surface area contributed by atoms with E-state index < -0.39 is 5.69 Å². The van der Waals surface area contributed by atoms with Crippen LogP contribution in [0.25, 0.3) is 10.2 Å². The lowest BCUT2D eigenvalue weighted by Crippen LogP contribution is -2.35. The Hall–Kier alpha value is -1.69. The van der Waals surface area contributed by atoms with Crippen molar-refractivity contribution in [1.29, 1.82) is 0 Å². The molecule has 0 atom stereocenters. The number of carbonyl (C=O) groups is 1. The van der Waals surface area contributed by atoms with E-state index in [9.17, 15) is 14.4 Å². The van der Waals surface area contributed by atoms with E-state index in [4.69, 9.17) is 0 Å². The molecule has 96 valence electrons. The maximum Gasteiger partial charge on any atom is 0.329 e. The maximum absolute atomic E-state index is 12.1. The highest BCUT2D eigenvalue weighted by atomic mass is 32.1. The van der Waals surface area contributed by atoms with Crippen LogP contribution in [-0.4, -0.2) is 15.3 Å². The van der Waals surface area contributed by atoms with Gasteiger partial charge in [-0.1, -0.05) is 6.92 Å². The van der Waals surface area contributed by atoms with E-state index in [0.717, 1.165) is 15.9 Å². The van der Waals surface area contributed by atoms with Crippen LogP contribution in [0, 0.1) is 0 Å². The molecule has 0 aliphatic rings. The third kappa shape index (κ3) is 2.28. The van der Waals surface area contributed by atoms with Crippen molar-refractivity contribution in [1.82, 2.24) is 9.55 Å². The zero-order chi connectivity index (χ0) is 13.3. The van der Waals surface area contributed by atoms with Gasteiger partial charge in [-0.15, -0.1) is 11.3 Å². The largest absolute Gasteiger partial charge is 0.329 e. The molecule has 2 aromatic rings. The van der Waals surface area contributed by atoms with Gasteiger partial charge in [0.25, 0.3) is 5.56 Å². The molecular formula is C12H14N2O3S. The molecular weight excluding hydrogens is 252 g/mol. The van der Waals surface area contributed by atoms with E-state index in [1.807, 2.05) is 13.0 Å². The molecule has 5 nitrogen and oxygen atoms in total. The Kier molecular flexibility index (Phi) is 3.47. The lowest BCUT2D eigenvalue weighted by atomic mass is 10.3. The standard InChI is InChI=1S/C12H14N2O3S/c1-3-8-6-9-10(18-8)13-12(17)14(11(9)16)5-4-7(2)15/h6H,3-5H2,1-2H3,(H,13,17). The van der Waals surface area contributed by atoms with Crippen LogP contribution in [-0.2, 0) is 17.8 Å². The monoisotopic (exact) mass is 266 g/mol. The van der Waals surface area contributed by atoms with Crippen LogP contribution in [0.2, 0.25) is 0 Å². The van der Waals surface area contributed by atoms with Gasteiger partial charge in [-0.3, -0.25) is 19.1 Å². The number of carbonyl (C=O) groups excluding carboxylic acids is 1. The normalized spacial score (nSPS) is 11.0. The minimum atomic E-state index is -0.446. The summed E-state index contributed by atoms with van der Waals surface area (Å²) in [6.45, 7) is 3.57. The smallest absolute Gasteiger partial charge is 0.300 e. The number of aryl methyl sites for hydroxylation is 1. The van der Waals surface area contributed by atoms with E-state index in [1.165, 1.54) is 18.3 Å². The van der Waals surface area contributed by atoms with Gasteiger partial charge in [0.15, 0.2) is 0 Å². The molecule has 0 aliphatic heterocycles. The number of hydrogen-bond donors (Lipinski definition) is 1. The van der Waals surface area contributed by atoms with Crippen LogP contribution in [0.15, 0.2) is 15.7 Å². The first-order chi connectivity index (χ1) is 8.52. The summed E-state index contributed by atoms with van der Waals surface area (Å²) in [4.78, 5) is 39.2. The van der Waals surface area contributed by atoms with Crippen molar-refractivity contribution >= 4 is 27.3 Å². The first-order valence-electron chi connectivity index (χ1n) is 5.78. The molecule has 0 bridgehead atoms. The zero-order valence-electron chi connectivity index (χ0n) is 10.3. The molecule has 0 fully saturated rings. The summed E-state index contributed by atoms with van der Waals surface area (Å²) >= 11 is 1.42. The Bertz CT molecular complexity index is 708. The van der Waals surface area contributed by atoms with Gasteiger partial charge < -0.3 is 0 Å². The lowest BCUT2D eigenvalue weighted by Gasteiger charge is -2.02. The van der Waals surface area contributed by atoms with Crippen LogP contribution >= 0.6 is 11.3 Å². The zero-order valence-corrected chi connectivity index (χ0v) is 11.1. The number of ketones is 1. The van der Waals surface area contributed by atoms with Gasteiger partial charge in [-0.05, 0) is 19.4 Å². The number of nitrogens with one attached hydrogen (secondary N) is 1. The Morgan fingerprint density at radius 3 is 2.78 bits per heavy atom. The van der Waals surface area contributed by atoms with E-state index >= 15 is 0 Å². The van der Waals surface area contributed by atoms with Crippen LogP contribution in [0.3, 0.4) is 0 Å². The van der Waals surface area contributed by atoms with Crippen molar-refractivity contribution in [2.45, 2.75) is 33.2 Å². The van der Waals surface area contributed by atoms with Crippen molar-refractivity contribution in [2.75, 3.05) is 0 Å². The van der Waals surface area contributed by atoms with Crippen molar-refractivity contribution in [2.24, 2.45) is 0 Å². The number of aromatic nitrogens is 2. The fourth-order valence-corrected chi connectivity index (χ4v) is 2.72. The molecule has 0 saturated carbocycles. The number of hydrogen-bond acceptors (Lipinski definition) is 4. The summed E-state index contributed by atoms with van der Waals surface area (Å²) < 4.78 is 1.09. The van der Waals surface area contributed by atoms with Crippen molar-refractivity contribution in [3.05, 3.63) is 31.8 Å². The Labute approximate surface area is 107 Å². The Morgan fingerprint density at radius 2 is 2.17 bits per heavy atom. The molecule has 0 aromatic carbocycles. The fourth-order valence-electron chi connectivity index (χ4n) is 1.74. The number of H-pyrrole nitrogens is 1. The Balaban J connectivity index is 2.57. The summed E-state index contributed by atoms with van der Waals surface area (Å²) in [7, 11) is 0. The second-order valence-electron chi connectivity index (χ2n) is 4.15. The van der Waals surface area contributed by atoms with Crippen LogP contribution in [0.4, 0.5) is 0 Å². The summed E-state index contributed by atoms with van der Waals surface area (Å²) in [5.74, 6) is -0.0408. The number of rotatable bonds is 4. The quantitative estimate of drug-likeness (QED) is 0.906. The second-order valence-corrected chi connectivity index (χ2v) is 5.28. The predicted molar refractivity (Wildman–Crippen MR) is 71.4 cm³/mol. The molecule has 0 spiro atoms. The fraction of sp³-hybridized carbons (Fsp3) is 0.417. The molecule has 2 aromatic heterocycles. The number of aromatic amines is 1. The van der Waals surface area contributed by atoms with Gasteiger partial charge in [0, 0.05) is 17.8 Å². The van der Waals surface area contributed by atoms with Crippen LogP contribution in [0.5, 0.6) is 0 Å². The molecule has 2 rings (SSSR count). The SMILES string of the molecule is CCc1cc2c(=O)n(CCC(C)=O)c(=O)[nH]c2s1. The topological polar surface area (TPSA) is 71.9 Å². The molecule has 18 heavy (non-hydrogen) atoms. The van der Waals surface area contributed by atoms with E-state index in [-0.39, 0.29) is 24.3 Å². The second kappa shape index (κ2) is 4.89. The first-order valence-corrected chi connectivity index (χ1v) is 6.59. The average molecular weight is 266 g/mol. The third-order valence-corrected chi connectivity index (χ3v) is 3.96. The van der Waals surface area contributed by atoms with Crippen LogP contribution < -0.4 is 11.2 Å². The highest BCUT2D eigenvalue weighted by Crippen LogP contribution is 2.20. The van der Waals surface area contributed by atoms with Crippen molar-refractivity contribution < 1.29 is 4.79 Å². The molecule has 0 saturated heterocycles. The van der Waals surface area contributed by atoms with Gasteiger partial charge in [-0.2, -0.15) is 0 Å². The summed E-state index contributed by atoms with van der Waals surface area (Å²) in [6.07, 6.45) is 1.02. The molecule has 1 N–H and O–H groups in total. The van der Waals surface area contributed by atoms with Crippen LogP contribution in [0.1, 0.15) is 25.1 Å². The molecule has 0 radical (unpaired) electrons. The van der Waals surface area contributed by atoms with E-state index in [2.05, 4.69) is 4.98 Å². The maximum atomic E-state index is 12.1. The number of fused-ring (bicyclic) bond motifs is 1. The molecule has 6 heteroatoms. The molecule has 2 heterocycles. The van der Waals surface area contributed by atoms with Gasteiger partial charge >= 0.3 is 5.69 Å². The third-order valence-electron chi connectivity index (χ3n) is 2.76. The van der Waals surface area contributed by atoms with Gasteiger partial charge in [0.2, 0.25) is 0 Å². The first kappa shape index (κ1) is 12.8. The predicted octanol–water partition coefficient (Wildman–Crippen LogP) is 1.29. The Morgan fingerprint density at radius 1 is 1.44 bits per heavy atom. The summed E-state index contributed by atoms with van der Waals surface area (Å²) in [5, 5.41) is 0.528. The average Bonchev–Trinajstić information content (AvgIpc) is 2.71. The highest BCUT2D eigenvalue weighted by Gasteiger charge is 2.10. The number of thiophene rings is 1. The number of Topliss-reactive ketones (excluding diaryl/α,β-unsaturated/α-hetero) is 1. The highest BCUT2D eigenvalue weighted by molar-refractivity contribution is 7.18. The molecule has 0 amide bonds. The van der Waals surface area contributed by atoms with E-state index in [1.54, 1.807) is 0 Å². The molecule has 0 unspecified atom stereocenters. The number of nitrogens with zero attached hydrogens (tertiary/aromatic N) is 1. The van der Waals surface area contributed by atoms with Gasteiger partial charge in [-0.25, -0.2) is 4.79 Å². The summed E-state index contributed by atoms with van der Waals surface area (Å²) in [6, 6.07) is 1.81. The van der Waals surface area contributed by atoms with Gasteiger partial charge in [0.05, 0.1) is 5.39 Å². The van der Waals surface area contributed by atoms with Gasteiger partial charge in [0.1, 0.15) is 10.6 Å². The lowest BCUT2D eigenvalue weighted by molar-refractivity contribution is -0.117. The summed E-state index contributed by atoms with van der Waals surface area (Å²) in [5.41, 5.74) is -0.760.